The molecule has 19 heavy (non-hydrogen) atoms. The summed E-state index contributed by atoms with van der Waals surface area (Å²) in [5, 5.41) is 8.75. The lowest BCUT2D eigenvalue weighted by atomic mass is 10.3. The van der Waals surface area contributed by atoms with Gasteiger partial charge < -0.3 is 4.74 Å². The molecular weight excluding hydrogens is 264 g/mol. The van der Waals surface area contributed by atoms with Crippen LogP contribution in [0.5, 0.6) is 11.6 Å². The number of benzene rings is 1. The van der Waals surface area contributed by atoms with Gasteiger partial charge in [0.25, 0.3) is 0 Å². The average Bonchev–Trinajstić information content (AvgIpc) is 2.38. The van der Waals surface area contributed by atoms with Gasteiger partial charge in [-0.15, -0.1) is 0 Å². The molecule has 96 valence electrons. The van der Waals surface area contributed by atoms with E-state index < -0.39 is 9.84 Å². The Balaban J connectivity index is 2.22. The Morgan fingerprint density at radius 3 is 2.47 bits per heavy atom. The van der Waals surface area contributed by atoms with E-state index >= 15 is 0 Å². The van der Waals surface area contributed by atoms with E-state index in [-0.39, 0.29) is 10.8 Å². The van der Waals surface area contributed by atoms with Crippen molar-refractivity contribution in [2.24, 2.45) is 0 Å². The van der Waals surface area contributed by atoms with Gasteiger partial charge in [0.2, 0.25) is 5.88 Å². The summed E-state index contributed by atoms with van der Waals surface area (Å²) in [6, 6.07) is 11.0. The third-order valence-corrected chi connectivity index (χ3v) is 3.47. The van der Waals surface area contributed by atoms with Crippen LogP contribution in [0.1, 0.15) is 5.56 Å². The minimum atomic E-state index is -3.22. The molecule has 0 bridgehead atoms. The highest BCUT2D eigenvalue weighted by Gasteiger charge is 2.07. The summed E-state index contributed by atoms with van der Waals surface area (Å²) in [7, 11) is -3.22. The number of rotatable bonds is 3. The molecule has 0 atom stereocenters. The number of nitrogens with zero attached hydrogens (tertiary/aromatic N) is 2. The van der Waals surface area contributed by atoms with Gasteiger partial charge in [0.05, 0.1) is 16.5 Å². The first-order valence-electron chi connectivity index (χ1n) is 5.33. The van der Waals surface area contributed by atoms with Crippen LogP contribution in [0, 0.1) is 11.3 Å². The Labute approximate surface area is 111 Å². The maximum absolute atomic E-state index is 11.3. The molecule has 2 rings (SSSR count). The van der Waals surface area contributed by atoms with Crippen LogP contribution in [0.4, 0.5) is 0 Å². The lowest BCUT2D eigenvalue weighted by Crippen LogP contribution is -1.96. The van der Waals surface area contributed by atoms with Crippen LogP contribution in [0.25, 0.3) is 0 Å². The van der Waals surface area contributed by atoms with E-state index in [0.29, 0.717) is 11.3 Å². The van der Waals surface area contributed by atoms with E-state index in [1.54, 1.807) is 6.07 Å². The second kappa shape index (κ2) is 5.08. The third-order valence-electron chi connectivity index (χ3n) is 2.34. The molecule has 0 N–H and O–H groups in total. The van der Waals surface area contributed by atoms with E-state index in [9.17, 15) is 8.42 Å². The third kappa shape index (κ3) is 3.30. The Morgan fingerprint density at radius 1 is 1.21 bits per heavy atom. The maximum atomic E-state index is 11.3. The van der Waals surface area contributed by atoms with E-state index in [1.165, 1.54) is 36.5 Å². The SMILES string of the molecule is CS(=O)(=O)c1ccc(Oc2cc(C#N)ccn2)cc1. The zero-order valence-corrected chi connectivity index (χ0v) is 10.9. The largest absolute Gasteiger partial charge is 0.439 e. The number of sulfone groups is 1. The van der Waals surface area contributed by atoms with Crippen LogP contribution >= 0.6 is 0 Å². The highest BCUT2D eigenvalue weighted by Crippen LogP contribution is 2.21. The normalized spacial score (nSPS) is 10.7. The smallest absolute Gasteiger partial charge is 0.220 e. The second-order valence-electron chi connectivity index (χ2n) is 3.84. The van der Waals surface area contributed by atoms with Crippen LogP contribution in [-0.4, -0.2) is 19.7 Å². The second-order valence-corrected chi connectivity index (χ2v) is 5.86. The molecule has 1 aromatic carbocycles. The Hall–Kier alpha value is -2.39. The van der Waals surface area contributed by atoms with Crippen LogP contribution in [0.3, 0.4) is 0 Å². The molecule has 2 aromatic rings. The molecule has 1 aromatic heterocycles. The van der Waals surface area contributed by atoms with Gasteiger partial charge in [-0.25, -0.2) is 13.4 Å². The lowest BCUT2D eigenvalue weighted by molar-refractivity contribution is 0.462. The molecule has 0 radical (unpaired) electrons. The lowest BCUT2D eigenvalue weighted by Gasteiger charge is -2.05. The summed E-state index contributed by atoms with van der Waals surface area (Å²) in [5.74, 6) is 0.737. The summed E-state index contributed by atoms with van der Waals surface area (Å²) >= 11 is 0. The van der Waals surface area contributed by atoms with Crippen LogP contribution in [0.15, 0.2) is 47.5 Å². The number of pyridine rings is 1. The van der Waals surface area contributed by atoms with E-state index in [1.807, 2.05) is 6.07 Å². The van der Waals surface area contributed by atoms with Gasteiger partial charge in [-0.1, -0.05) is 0 Å². The van der Waals surface area contributed by atoms with Gasteiger partial charge in [-0.2, -0.15) is 5.26 Å². The summed E-state index contributed by atoms with van der Waals surface area (Å²) in [4.78, 5) is 4.18. The first-order chi connectivity index (χ1) is 8.99. The van der Waals surface area contributed by atoms with Gasteiger partial charge >= 0.3 is 0 Å². The van der Waals surface area contributed by atoms with Crippen molar-refractivity contribution in [2.45, 2.75) is 4.90 Å². The van der Waals surface area contributed by atoms with Crippen molar-refractivity contribution in [1.82, 2.24) is 4.98 Å². The molecule has 0 amide bonds. The van der Waals surface area contributed by atoms with Crippen molar-refractivity contribution in [2.75, 3.05) is 6.26 Å². The van der Waals surface area contributed by atoms with Crippen molar-refractivity contribution in [1.29, 1.82) is 5.26 Å². The molecule has 0 saturated heterocycles. The number of hydrogen-bond acceptors (Lipinski definition) is 5. The minimum Gasteiger partial charge on any atom is -0.439 e. The predicted molar refractivity (Wildman–Crippen MR) is 68.6 cm³/mol. The highest BCUT2D eigenvalue weighted by molar-refractivity contribution is 7.90. The fourth-order valence-corrected chi connectivity index (χ4v) is 2.04. The fraction of sp³-hybridized carbons (Fsp3) is 0.0769. The molecule has 0 fully saturated rings. The van der Waals surface area contributed by atoms with Crippen molar-refractivity contribution in [3.05, 3.63) is 48.2 Å². The highest BCUT2D eigenvalue weighted by atomic mass is 32.2. The van der Waals surface area contributed by atoms with Crippen molar-refractivity contribution in [3.8, 4) is 17.7 Å². The number of hydrogen-bond donors (Lipinski definition) is 0. The van der Waals surface area contributed by atoms with Crippen LogP contribution < -0.4 is 4.74 Å². The van der Waals surface area contributed by atoms with Crippen molar-refractivity contribution >= 4 is 9.84 Å². The minimum absolute atomic E-state index is 0.221. The molecule has 0 aliphatic heterocycles. The summed E-state index contributed by atoms with van der Waals surface area (Å²) < 4.78 is 28.0. The average molecular weight is 274 g/mol. The number of ether oxygens (including phenoxy) is 1. The Kier molecular flexibility index (Phi) is 3.49. The standard InChI is InChI=1S/C13H10N2O3S/c1-19(16,17)12-4-2-11(3-5-12)18-13-8-10(9-14)6-7-15-13/h2-8H,1H3. The van der Waals surface area contributed by atoms with Crippen LogP contribution in [-0.2, 0) is 9.84 Å². The molecule has 0 spiro atoms. The summed E-state index contributed by atoms with van der Waals surface area (Å²) in [6.07, 6.45) is 2.61. The van der Waals surface area contributed by atoms with Crippen molar-refractivity contribution < 1.29 is 13.2 Å². The Bertz CT molecular complexity index is 731. The van der Waals surface area contributed by atoms with Gasteiger partial charge in [-0.3, -0.25) is 0 Å². The zero-order chi connectivity index (χ0) is 13.9. The molecule has 1 heterocycles. The summed E-state index contributed by atoms with van der Waals surface area (Å²) in [6.45, 7) is 0. The molecule has 0 saturated carbocycles. The zero-order valence-electron chi connectivity index (χ0n) is 10.1. The van der Waals surface area contributed by atoms with Crippen LogP contribution in [0.2, 0.25) is 0 Å². The first-order valence-corrected chi connectivity index (χ1v) is 7.22. The number of aromatic nitrogens is 1. The summed E-state index contributed by atoms with van der Waals surface area (Å²) in [5.41, 5.74) is 0.442. The monoisotopic (exact) mass is 274 g/mol. The first kappa shape index (κ1) is 13.1. The molecule has 5 nitrogen and oxygen atoms in total. The molecule has 6 heteroatoms. The van der Waals surface area contributed by atoms with Crippen molar-refractivity contribution in [3.63, 3.8) is 0 Å². The molecule has 0 unspecified atom stereocenters. The van der Waals surface area contributed by atoms with Gasteiger partial charge in [0, 0.05) is 18.5 Å². The van der Waals surface area contributed by atoms with Gasteiger partial charge in [0.1, 0.15) is 5.75 Å². The molecule has 0 aliphatic carbocycles. The number of nitriles is 1. The quantitative estimate of drug-likeness (QED) is 0.856. The van der Waals surface area contributed by atoms with Gasteiger partial charge in [0.15, 0.2) is 9.84 Å². The Morgan fingerprint density at radius 2 is 1.89 bits per heavy atom. The fourth-order valence-electron chi connectivity index (χ4n) is 1.41. The predicted octanol–water partition coefficient (Wildman–Crippen LogP) is 2.15. The molecule has 0 aliphatic rings. The van der Waals surface area contributed by atoms with E-state index in [2.05, 4.69) is 4.98 Å². The molecular formula is C13H10N2O3S. The maximum Gasteiger partial charge on any atom is 0.220 e. The van der Waals surface area contributed by atoms with E-state index in [0.717, 1.165) is 6.26 Å². The topological polar surface area (TPSA) is 80.0 Å². The van der Waals surface area contributed by atoms with E-state index in [4.69, 9.17) is 10.00 Å². The van der Waals surface area contributed by atoms with Gasteiger partial charge in [-0.05, 0) is 30.3 Å².